The van der Waals surface area contributed by atoms with Gasteiger partial charge in [0.25, 0.3) is 0 Å². The molecule has 0 radical (unpaired) electrons. The average molecular weight is 412 g/mol. The third kappa shape index (κ3) is 3.62. The molecular weight excluding hydrogens is 387 g/mol. The Morgan fingerprint density at radius 2 is 1.82 bits per heavy atom. The number of carboxylic acids is 2. The molecule has 2 aromatic rings. The van der Waals surface area contributed by atoms with Crippen molar-refractivity contribution < 1.29 is 19.8 Å². The number of carboxylic acid groups (broad SMARTS) is 2. The summed E-state index contributed by atoms with van der Waals surface area (Å²) in [5, 5.41) is 21.6. The normalized spacial score (nSPS) is 28.9. The molecule has 0 aliphatic heterocycles. The fraction of sp³-hybridized carbons (Fsp3) is 0.364. The maximum Gasteiger partial charge on any atom is 0.330 e. The third-order valence-electron chi connectivity index (χ3n) is 6.13. The highest BCUT2D eigenvalue weighted by Gasteiger charge is 2.59. The van der Waals surface area contributed by atoms with Gasteiger partial charge in [0, 0.05) is 21.1 Å². The van der Waals surface area contributed by atoms with Crippen molar-refractivity contribution in [2.24, 2.45) is 17.3 Å². The number of benzene rings is 2. The van der Waals surface area contributed by atoms with Crippen LogP contribution in [0.4, 0.5) is 0 Å². The summed E-state index contributed by atoms with van der Waals surface area (Å²) in [4.78, 5) is 24.5. The monoisotopic (exact) mass is 412 g/mol. The van der Waals surface area contributed by atoms with Gasteiger partial charge in [0.1, 0.15) is 0 Å². The number of carbonyl (C=O) groups is 2. The highest BCUT2D eigenvalue weighted by Crippen LogP contribution is 2.63. The molecular formula is C22H25AlO4S. The lowest BCUT2D eigenvalue weighted by Gasteiger charge is -2.37. The summed E-state index contributed by atoms with van der Waals surface area (Å²) in [5.74, 6) is -1.94. The number of fused-ring (bicyclic) bond motifs is 3. The third-order valence-corrected chi connectivity index (χ3v) is 7.57. The van der Waals surface area contributed by atoms with Crippen molar-refractivity contribution in [3.05, 3.63) is 54.1 Å². The van der Waals surface area contributed by atoms with E-state index >= 15 is 0 Å². The molecule has 0 aromatic heterocycles. The van der Waals surface area contributed by atoms with Gasteiger partial charge in [-0.1, -0.05) is 36.4 Å². The van der Waals surface area contributed by atoms with Gasteiger partial charge in [-0.25, -0.2) is 4.79 Å². The van der Waals surface area contributed by atoms with Crippen LogP contribution in [0.2, 0.25) is 0 Å². The zero-order valence-electron chi connectivity index (χ0n) is 15.1. The van der Waals surface area contributed by atoms with E-state index in [-0.39, 0.29) is 28.2 Å². The van der Waals surface area contributed by atoms with E-state index in [9.17, 15) is 19.8 Å². The smallest absolute Gasteiger partial charge is 0.330 e. The average Bonchev–Trinajstić information content (AvgIpc) is 3.16. The molecule has 0 spiro atoms. The summed E-state index contributed by atoms with van der Waals surface area (Å²) in [7, 11) is 0. The van der Waals surface area contributed by atoms with Crippen molar-refractivity contribution >= 4 is 51.8 Å². The van der Waals surface area contributed by atoms with E-state index in [0.29, 0.717) is 12.3 Å². The molecule has 2 fully saturated rings. The molecule has 6 heteroatoms. The van der Waals surface area contributed by atoms with Crippen molar-refractivity contribution in [2.45, 2.75) is 36.3 Å². The van der Waals surface area contributed by atoms with Gasteiger partial charge in [0.15, 0.2) is 17.4 Å². The lowest BCUT2D eigenvalue weighted by molar-refractivity contribution is -0.145. The molecule has 4 rings (SSSR count). The Morgan fingerprint density at radius 3 is 2.50 bits per heavy atom. The SMILES string of the molecule is CC(=CC12CC(CC1Sc1ccc3ccccc3c1)CC2C(=O)O)C(=O)O.[AlH3]. The van der Waals surface area contributed by atoms with Gasteiger partial charge in [-0.3, -0.25) is 4.79 Å². The van der Waals surface area contributed by atoms with E-state index < -0.39 is 23.3 Å². The van der Waals surface area contributed by atoms with Gasteiger partial charge in [0.05, 0.1) is 5.92 Å². The number of hydrogen-bond donors (Lipinski definition) is 2. The Balaban J connectivity index is 0.00000225. The van der Waals surface area contributed by atoms with Crippen LogP contribution in [0.1, 0.15) is 26.2 Å². The van der Waals surface area contributed by atoms with Gasteiger partial charge >= 0.3 is 11.9 Å². The fourth-order valence-corrected chi connectivity index (χ4v) is 6.53. The molecule has 146 valence electrons. The molecule has 2 aromatic carbocycles. The van der Waals surface area contributed by atoms with Gasteiger partial charge in [-0.05, 0) is 55.0 Å². The number of allylic oxidation sites excluding steroid dienone is 1. The van der Waals surface area contributed by atoms with Gasteiger partial charge in [-0.2, -0.15) is 0 Å². The minimum Gasteiger partial charge on any atom is -0.481 e. The van der Waals surface area contributed by atoms with Crippen LogP contribution in [0.5, 0.6) is 0 Å². The van der Waals surface area contributed by atoms with Gasteiger partial charge in [0.2, 0.25) is 0 Å². The Kier molecular flexibility index (Phi) is 5.95. The van der Waals surface area contributed by atoms with Crippen LogP contribution in [0.15, 0.2) is 59.0 Å². The van der Waals surface area contributed by atoms with E-state index in [0.717, 1.165) is 23.1 Å². The van der Waals surface area contributed by atoms with E-state index in [1.54, 1.807) is 24.8 Å². The van der Waals surface area contributed by atoms with Crippen molar-refractivity contribution in [3.63, 3.8) is 0 Å². The Bertz CT molecular complexity index is 956. The topological polar surface area (TPSA) is 74.6 Å². The summed E-state index contributed by atoms with van der Waals surface area (Å²) < 4.78 is 0. The first-order valence-corrected chi connectivity index (χ1v) is 10.1. The quantitative estimate of drug-likeness (QED) is 0.579. The first kappa shape index (κ1) is 21.0. The van der Waals surface area contributed by atoms with Crippen LogP contribution < -0.4 is 0 Å². The Hall–Kier alpha value is -1.74. The second kappa shape index (κ2) is 7.95. The molecule has 2 N–H and O–H groups in total. The molecule has 4 unspecified atom stereocenters. The lowest BCUT2D eigenvalue weighted by atomic mass is 9.73. The molecule has 28 heavy (non-hydrogen) atoms. The van der Waals surface area contributed by atoms with Crippen LogP contribution in [-0.4, -0.2) is 44.8 Å². The molecule has 4 atom stereocenters. The van der Waals surface area contributed by atoms with Crippen LogP contribution in [-0.2, 0) is 9.59 Å². The van der Waals surface area contributed by atoms with Crippen LogP contribution >= 0.6 is 11.8 Å². The summed E-state index contributed by atoms with van der Waals surface area (Å²) in [6.45, 7) is 1.57. The Morgan fingerprint density at radius 1 is 1.11 bits per heavy atom. The van der Waals surface area contributed by atoms with Crippen molar-refractivity contribution in [2.75, 3.05) is 0 Å². The summed E-state index contributed by atoms with van der Waals surface area (Å²) in [6, 6.07) is 14.5. The lowest BCUT2D eigenvalue weighted by Crippen LogP contribution is -2.39. The summed E-state index contributed by atoms with van der Waals surface area (Å²) in [5.41, 5.74) is -0.345. The van der Waals surface area contributed by atoms with Crippen LogP contribution in [0, 0.1) is 17.3 Å². The largest absolute Gasteiger partial charge is 0.481 e. The molecule has 2 aliphatic rings. The molecule has 2 aliphatic carbocycles. The number of hydrogen-bond acceptors (Lipinski definition) is 3. The zero-order valence-corrected chi connectivity index (χ0v) is 15.9. The first-order valence-electron chi connectivity index (χ1n) is 9.20. The van der Waals surface area contributed by atoms with E-state index in [1.807, 2.05) is 12.1 Å². The zero-order chi connectivity index (χ0) is 19.2. The standard InChI is InChI=1S/C22H22O4S.Al.3H/c1-13(20(23)24)11-22-12-14(8-18(22)21(25)26)9-19(22)27-17-7-6-15-4-2-3-5-16(15)10-17;;;;/h2-7,10-11,14,18-19H,8-9,12H2,1H3,(H,23,24)(H,25,26);;;;. The molecule has 2 bridgehead atoms. The van der Waals surface area contributed by atoms with E-state index in [4.69, 9.17) is 0 Å². The van der Waals surface area contributed by atoms with Crippen molar-refractivity contribution in [1.82, 2.24) is 0 Å². The van der Waals surface area contributed by atoms with Gasteiger partial charge in [-0.15, -0.1) is 11.8 Å². The molecule has 0 amide bonds. The Labute approximate surface area is 179 Å². The predicted molar refractivity (Wildman–Crippen MR) is 116 cm³/mol. The number of aliphatic carboxylic acids is 2. The summed E-state index contributed by atoms with van der Waals surface area (Å²) >= 11 is 1.70. The molecule has 4 nitrogen and oxygen atoms in total. The van der Waals surface area contributed by atoms with E-state index in [2.05, 4.69) is 30.3 Å². The van der Waals surface area contributed by atoms with E-state index in [1.165, 1.54) is 5.39 Å². The second-order valence-corrected chi connectivity index (χ2v) is 9.07. The first-order chi connectivity index (χ1) is 12.9. The maximum absolute atomic E-state index is 11.9. The predicted octanol–water partition coefficient (Wildman–Crippen LogP) is 3.65. The number of thioether (sulfide) groups is 1. The highest BCUT2D eigenvalue weighted by atomic mass is 32.2. The number of rotatable bonds is 5. The molecule has 0 heterocycles. The fourth-order valence-electron chi connectivity index (χ4n) is 4.95. The van der Waals surface area contributed by atoms with Crippen LogP contribution in [0.3, 0.4) is 0 Å². The van der Waals surface area contributed by atoms with Crippen molar-refractivity contribution in [3.8, 4) is 0 Å². The minimum atomic E-state index is -0.974. The molecule has 2 saturated carbocycles. The van der Waals surface area contributed by atoms with Gasteiger partial charge < -0.3 is 10.2 Å². The van der Waals surface area contributed by atoms with Crippen LogP contribution in [0.25, 0.3) is 10.8 Å². The maximum atomic E-state index is 11.9. The van der Waals surface area contributed by atoms with Crippen molar-refractivity contribution in [1.29, 1.82) is 0 Å². The second-order valence-electron chi connectivity index (χ2n) is 7.79. The minimum absolute atomic E-state index is 0. The summed E-state index contributed by atoms with van der Waals surface area (Å²) in [6.07, 6.45) is 4.10. The highest BCUT2D eigenvalue weighted by molar-refractivity contribution is 8.00. The molecule has 0 saturated heterocycles.